The molecular formula is C13H22O2. The number of fused-ring (bicyclic) bond motifs is 2. The molecule has 3 fully saturated rings. The van der Waals surface area contributed by atoms with E-state index in [1.807, 2.05) is 0 Å². The molecule has 0 bridgehead atoms. The van der Waals surface area contributed by atoms with Crippen molar-refractivity contribution in [1.29, 1.82) is 0 Å². The van der Waals surface area contributed by atoms with Gasteiger partial charge < -0.3 is 9.47 Å². The number of hydrogen-bond acceptors (Lipinski definition) is 2. The van der Waals surface area contributed by atoms with Gasteiger partial charge in [0.05, 0.1) is 12.2 Å². The van der Waals surface area contributed by atoms with Gasteiger partial charge in [0, 0.05) is 0 Å². The lowest BCUT2D eigenvalue weighted by molar-refractivity contribution is -0.145. The lowest BCUT2D eigenvalue weighted by Crippen LogP contribution is -2.38. The van der Waals surface area contributed by atoms with Gasteiger partial charge in [-0.1, -0.05) is 25.7 Å². The minimum absolute atomic E-state index is 0.331. The minimum Gasteiger partial charge on any atom is -0.345 e. The highest BCUT2D eigenvalue weighted by Gasteiger charge is 2.47. The maximum atomic E-state index is 5.98. The van der Waals surface area contributed by atoms with Crippen LogP contribution in [0.25, 0.3) is 0 Å². The fourth-order valence-corrected chi connectivity index (χ4v) is 3.81. The van der Waals surface area contributed by atoms with Crippen LogP contribution in [0.4, 0.5) is 0 Å². The summed E-state index contributed by atoms with van der Waals surface area (Å²) in [4.78, 5) is 0. The summed E-state index contributed by atoms with van der Waals surface area (Å²) in [6.07, 6.45) is 9.00. The molecule has 1 aliphatic heterocycles. The van der Waals surface area contributed by atoms with Crippen LogP contribution in [-0.2, 0) is 9.47 Å². The molecule has 2 heteroatoms. The van der Waals surface area contributed by atoms with Gasteiger partial charge in [-0.2, -0.15) is 0 Å². The Labute approximate surface area is 92.3 Å². The van der Waals surface area contributed by atoms with Crippen LogP contribution in [0.1, 0.15) is 52.4 Å². The quantitative estimate of drug-likeness (QED) is 0.611. The third-order valence-corrected chi connectivity index (χ3v) is 4.42. The monoisotopic (exact) mass is 210 g/mol. The van der Waals surface area contributed by atoms with Crippen LogP contribution in [0.3, 0.4) is 0 Å². The topological polar surface area (TPSA) is 18.5 Å². The molecule has 1 heterocycles. The Morgan fingerprint density at radius 2 is 1.33 bits per heavy atom. The molecule has 1 saturated heterocycles. The SMILES string of the molecule is CC1(C)OC2CC3CCCCC3CC2O1. The molecule has 2 aliphatic carbocycles. The first kappa shape index (κ1) is 10.1. The molecule has 3 rings (SSSR count). The highest BCUT2D eigenvalue weighted by Crippen LogP contribution is 2.46. The summed E-state index contributed by atoms with van der Waals surface area (Å²) in [6, 6.07) is 0. The van der Waals surface area contributed by atoms with E-state index in [2.05, 4.69) is 13.8 Å². The van der Waals surface area contributed by atoms with Crippen molar-refractivity contribution in [1.82, 2.24) is 0 Å². The molecule has 0 aromatic carbocycles. The molecule has 0 N–H and O–H groups in total. The molecule has 15 heavy (non-hydrogen) atoms. The fraction of sp³-hybridized carbons (Fsp3) is 1.00. The molecule has 0 spiro atoms. The first-order chi connectivity index (χ1) is 7.14. The van der Waals surface area contributed by atoms with Crippen LogP contribution in [0.5, 0.6) is 0 Å². The lowest BCUT2D eigenvalue weighted by atomic mass is 9.69. The Hall–Kier alpha value is -0.0800. The minimum atomic E-state index is -0.331. The first-order valence-electron chi connectivity index (χ1n) is 6.50. The first-order valence-corrected chi connectivity index (χ1v) is 6.50. The third-order valence-electron chi connectivity index (χ3n) is 4.42. The summed E-state index contributed by atoms with van der Waals surface area (Å²) in [6.45, 7) is 4.10. The Kier molecular flexibility index (Phi) is 2.33. The zero-order valence-electron chi connectivity index (χ0n) is 9.87. The molecule has 2 nitrogen and oxygen atoms in total. The van der Waals surface area contributed by atoms with Crippen LogP contribution >= 0.6 is 0 Å². The summed E-state index contributed by atoms with van der Waals surface area (Å²) in [5, 5.41) is 0. The second-order valence-corrected chi connectivity index (χ2v) is 5.99. The van der Waals surface area contributed by atoms with Crippen LogP contribution < -0.4 is 0 Å². The van der Waals surface area contributed by atoms with E-state index in [4.69, 9.17) is 9.47 Å². The second-order valence-electron chi connectivity index (χ2n) is 5.99. The van der Waals surface area contributed by atoms with Crippen molar-refractivity contribution in [3.05, 3.63) is 0 Å². The predicted molar refractivity (Wildman–Crippen MR) is 58.5 cm³/mol. The van der Waals surface area contributed by atoms with E-state index in [0.717, 1.165) is 11.8 Å². The smallest absolute Gasteiger partial charge is 0.163 e. The van der Waals surface area contributed by atoms with Crippen LogP contribution in [-0.4, -0.2) is 18.0 Å². The van der Waals surface area contributed by atoms with E-state index >= 15 is 0 Å². The lowest BCUT2D eigenvalue weighted by Gasteiger charge is -2.39. The summed E-state index contributed by atoms with van der Waals surface area (Å²) >= 11 is 0. The van der Waals surface area contributed by atoms with E-state index in [9.17, 15) is 0 Å². The Balaban J connectivity index is 1.72. The summed E-state index contributed by atoms with van der Waals surface area (Å²) in [7, 11) is 0. The Morgan fingerprint density at radius 1 is 0.867 bits per heavy atom. The number of hydrogen-bond donors (Lipinski definition) is 0. The summed E-state index contributed by atoms with van der Waals surface area (Å²) < 4.78 is 12.0. The number of ether oxygens (including phenoxy) is 2. The van der Waals surface area contributed by atoms with E-state index in [1.165, 1.54) is 38.5 Å². The van der Waals surface area contributed by atoms with Gasteiger partial charge in [-0.05, 0) is 38.5 Å². The van der Waals surface area contributed by atoms with Gasteiger partial charge in [-0.3, -0.25) is 0 Å². The zero-order chi connectivity index (χ0) is 10.5. The molecule has 0 aromatic heterocycles. The van der Waals surface area contributed by atoms with Gasteiger partial charge in [0.2, 0.25) is 0 Å². The molecule has 0 aromatic rings. The molecule has 0 amide bonds. The predicted octanol–water partition coefficient (Wildman–Crippen LogP) is 3.11. The van der Waals surface area contributed by atoms with Crippen molar-refractivity contribution in [2.45, 2.75) is 70.4 Å². The van der Waals surface area contributed by atoms with E-state index in [0.29, 0.717) is 12.2 Å². The Morgan fingerprint density at radius 3 is 1.80 bits per heavy atom. The van der Waals surface area contributed by atoms with Gasteiger partial charge in [0.1, 0.15) is 0 Å². The normalized spacial score (nSPS) is 48.4. The zero-order valence-corrected chi connectivity index (χ0v) is 9.87. The number of rotatable bonds is 0. The van der Waals surface area contributed by atoms with Crippen LogP contribution in [0, 0.1) is 11.8 Å². The molecule has 86 valence electrons. The highest BCUT2D eigenvalue weighted by molar-refractivity contribution is 4.93. The van der Waals surface area contributed by atoms with E-state index in [1.54, 1.807) is 0 Å². The van der Waals surface area contributed by atoms with Crippen LogP contribution in [0.2, 0.25) is 0 Å². The van der Waals surface area contributed by atoms with Gasteiger partial charge in [0.15, 0.2) is 5.79 Å². The summed E-state index contributed by atoms with van der Waals surface area (Å²) in [5.74, 6) is 1.53. The molecular weight excluding hydrogens is 188 g/mol. The molecule has 3 aliphatic rings. The second kappa shape index (κ2) is 3.46. The van der Waals surface area contributed by atoms with E-state index < -0.39 is 0 Å². The third kappa shape index (κ3) is 1.83. The van der Waals surface area contributed by atoms with Gasteiger partial charge in [-0.25, -0.2) is 0 Å². The van der Waals surface area contributed by atoms with Gasteiger partial charge in [0.25, 0.3) is 0 Å². The molecule has 2 saturated carbocycles. The average Bonchev–Trinajstić information content (AvgIpc) is 2.46. The van der Waals surface area contributed by atoms with Crippen molar-refractivity contribution in [2.75, 3.05) is 0 Å². The van der Waals surface area contributed by atoms with E-state index in [-0.39, 0.29) is 5.79 Å². The Bertz CT molecular complexity index is 225. The maximum Gasteiger partial charge on any atom is 0.163 e. The van der Waals surface area contributed by atoms with Gasteiger partial charge >= 0.3 is 0 Å². The standard InChI is InChI=1S/C13H22O2/c1-13(2)14-11-7-9-5-3-4-6-10(9)8-12(11)15-13/h9-12H,3-8H2,1-2H3. The fourth-order valence-electron chi connectivity index (χ4n) is 3.81. The molecule has 0 radical (unpaired) electrons. The molecule has 4 unspecified atom stereocenters. The van der Waals surface area contributed by atoms with Crippen molar-refractivity contribution < 1.29 is 9.47 Å². The van der Waals surface area contributed by atoms with Crippen molar-refractivity contribution in [2.24, 2.45) is 11.8 Å². The largest absolute Gasteiger partial charge is 0.345 e. The van der Waals surface area contributed by atoms with Crippen molar-refractivity contribution in [3.8, 4) is 0 Å². The van der Waals surface area contributed by atoms with Crippen LogP contribution in [0.15, 0.2) is 0 Å². The maximum absolute atomic E-state index is 5.98. The summed E-state index contributed by atoms with van der Waals surface area (Å²) in [5.41, 5.74) is 0. The van der Waals surface area contributed by atoms with Gasteiger partial charge in [-0.15, -0.1) is 0 Å². The highest BCUT2D eigenvalue weighted by atomic mass is 16.7. The van der Waals surface area contributed by atoms with Crippen molar-refractivity contribution >= 4 is 0 Å². The van der Waals surface area contributed by atoms with Crippen molar-refractivity contribution in [3.63, 3.8) is 0 Å². The average molecular weight is 210 g/mol. The molecule has 4 atom stereocenters.